The summed E-state index contributed by atoms with van der Waals surface area (Å²) in [6, 6.07) is 4.25. The van der Waals surface area contributed by atoms with Crippen molar-refractivity contribution in [2.45, 2.75) is 58.8 Å². The lowest BCUT2D eigenvalue weighted by Crippen LogP contribution is -2.05. The summed E-state index contributed by atoms with van der Waals surface area (Å²) >= 11 is 0. The normalized spacial score (nSPS) is 10.9. The molecular weight excluding hydrogens is 194 g/mol. The van der Waals surface area contributed by atoms with E-state index in [4.69, 9.17) is 0 Å². The van der Waals surface area contributed by atoms with Gasteiger partial charge in [-0.05, 0) is 24.0 Å². The number of hydrogen-bond acceptors (Lipinski definition) is 1. The number of unbranched alkanes of at least 4 members (excludes halogenated alkanes) is 2. The Labute approximate surface area is 100 Å². The molecule has 0 spiro atoms. The lowest BCUT2D eigenvalue weighted by atomic mass is 9.90. The molecule has 0 aliphatic rings. The van der Waals surface area contributed by atoms with Crippen LogP contribution in [0, 0.1) is 5.92 Å². The second kappa shape index (κ2) is 8.32. The molecule has 0 aliphatic carbocycles. The molecule has 0 bridgehead atoms. The highest BCUT2D eigenvalue weighted by molar-refractivity contribution is 5.09. The average molecular weight is 219 g/mol. The van der Waals surface area contributed by atoms with Crippen LogP contribution in [0.25, 0.3) is 0 Å². The van der Waals surface area contributed by atoms with Crippen molar-refractivity contribution in [2.75, 3.05) is 0 Å². The minimum atomic E-state index is 0.865. The molecule has 1 rings (SSSR count). The molecule has 0 saturated heterocycles. The maximum Gasteiger partial charge on any atom is 0.0299 e. The second-order valence-corrected chi connectivity index (χ2v) is 4.72. The van der Waals surface area contributed by atoms with Gasteiger partial charge in [0.1, 0.15) is 0 Å². The molecule has 0 aromatic carbocycles. The Hall–Kier alpha value is -0.850. The van der Waals surface area contributed by atoms with Crippen molar-refractivity contribution in [2.24, 2.45) is 5.92 Å². The summed E-state index contributed by atoms with van der Waals surface area (Å²) in [6.45, 7) is 4.56. The third-order valence-corrected chi connectivity index (χ3v) is 3.18. The van der Waals surface area contributed by atoms with Gasteiger partial charge in [0, 0.05) is 12.4 Å². The van der Waals surface area contributed by atoms with Crippen LogP contribution in [0.15, 0.2) is 24.5 Å². The lowest BCUT2D eigenvalue weighted by Gasteiger charge is -2.16. The summed E-state index contributed by atoms with van der Waals surface area (Å²) in [7, 11) is 0. The van der Waals surface area contributed by atoms with Gasteiger partial charge in [-0.1, -0.05) is 58.4 Å². The first-order chi connectivity index (χ1) is 7.86. The molecule has 0 atom stereocenters. The second-order valence-electron chi connectivity index (χ2n) is 4.72. The van der Waals surface area contributed by atoms with E-state index in [-0.39, 0.29) is 0 Å². The van der Waals surface area contributed by atoms with Gasteiger partial charge in [-0.15, -0.1) is 0 Å². The molecule has 0 N–H and O–H groups in total. The number of aromatic nitrogens is 1. The summed E-state index contributed by atoms with van der Waals surface area (Å²) in [5, 5.41) is 0. The van der Waals surface area contributed by atoms with Gasteiger partial charge in [0.2, 0.25) is 0 Å². The maximum absolute atomic E-state index is 4.20. The highest BCUT2D eigenvalue weighted by Gasteiger charge is 2.08. The summed E-state index contributed by atoms with van der Waals surface area (Å²) in [5.41, 5.74) is 1.40. The number of pyridine rings is 1. The summed E-state index contributed by atoms with van der Waals surface area (Å²) in [4.78, 5) is 4.20. The van der Waals surface area contributed by atoms with Crippen molar-refractivity contribution in [3.8, 4) is 0 Å². The van der Waals surface area contributed by atoms with Gasteiger partial charge < -0.3 is 0 Å². The topological polar surface area (TPSA) is 12.9 Å². The first-order valence-electron chi connectivity index (χ1n) is 6.75. The molecule has 1 heterocycles. The van der Waals surface area contributed by atoms with E-state index in [9.17, 15) is 0 Å². The monoisotopic (exact) mass is 219 g/mol. The summed E-state index contributed by atoms with van der Waals surface area (Å²) in [6.07, 6.45) is 13.2. The first-order valence-corrected chi connectivity index (χ1v) is 6.75. The van der Waals surface area contributed by atoms with Crippen LogP contribution < -0.4 is 0 Å². The first kappa shape index (κ1) is 13.2. The standard InChI is InChI=1S/C15H25N/c1-3-5-8-14(9-6-4-2)12-15-10-7-11-16-13-15/h7,10-11,13-14H,3-6,8-9,12H2,1-2H3. The molecule has 0 aliphatic heterocycles. The average Bonchev–Trinajstić information content (AvgIpc) is 2.34. The lowest BCUT2D eigenvalue weighted by molar-refractivity contribution is 0.417. The van der Waals surface area contributed by atoms with Crippen molar-refractivity contribution in [1.29, 1.82) is 0 Å². The fraction of sp³-hybridized carbons (Fsp3) is 0.667. The van der Waals surface area contributed by atoms with E-state index in [1.165, 1.54) is 50.5 Å². The number of rotatable bonds is 8. The molecule has 1 aromatic heterocycles. The Morgan fingerprint density at radius 2 is 1.81 bits per heavy atom. The fourth-order valence-corrected chi connectivity index (χ4v) is 2.19. The van der Waals surface area contributed by atoms with Crippen molar-refractivity contribution in [3.63, 3.8) is 0 Å². The minimum Gasteiger partial charge on any atom is -0.264 e. The van der Waals surface area contributed by atoms with E-state index >= 15 is 0 Å². The molecule has 0 unspecified atom stereocenters. The molecule has 1 aromatic rings. The van der Waals surface area contributed by atoms with Crippen molar-refractivity contribution >= 4 is 0 Å². The van der Waals surface area contributed by atoms with Crippen molar-refractivity contribution in [1.82, 2.24) is 4.98 Å². The predicted octanol–water partition coefficient (Wildman–Crippen LogP) is 4.62. The molecule has 1 nitrogen and oxygen atoms in total. The number of nitrogens with zero attached hydrogens (tertiary/aromatic N) is 1. The zero-order chi connectivity index (χ0) is 11.6. The van der Waals surface area contributed by atoms with Gasteiger partial charge >= 0.3 is 0 Å². The van der Waals surface area contributed by atoms with E-state index in [2.05, 4.69) is 24.9 Å². The molecule has 0 amide bonds. The van der Waals surface area contributed by atoms with Gasteiger partial charge in [-0.25, -0.2) is 0 Å². The van der Waals surface area contributed by atoms with E-state index < -0.39 is 0 Å². The van der Waals surface area contributed by atoms with Crippen LogP contribution >= 0.6 is 0 Å². The van der Waals surface area contributed by atoms with Crippen LogP contribution in [-0.4, -0.2) is 4.98 Å². The molecular formula is C15H25N. The Bertz CT molecular complexity index is 247. The fourth-order valence-electron chi connectivity index (χ4n) is 2.19. The highest BCUT2D eigenvalue weighted by Crippen LogP contribution is 2.20. The van der Waals surface area contributed by atoms with Gasteiger partial charge in [0.05, 0.1) is 0 Å². The summed E-state index contributed by atoms with van der Waals surface area (Å²) in [5.74, 6) is 0.865. The SMILES string of the molecule is CCCCC(CCCC)Cc1cccnc1. The molecule has 16 heavy (non-hydrogen) atoms. The van der Waals surface area contributed by atoms with E-state index in [0.717, 1.165) is 5.92 Å². The third-order valence-electron chi connectivity index (χ3n) is 3.18. The zero-order valence-electron chi connectivity index (χ0n) is 10.8. The van der Waals surface area contributed by atoms with Gasteiger partial charge in [0.15, 0.2) is 0 Å². The van der Waals surface area contributed by atoms with E-state index in [1.807, 2.05) is 18.5 Å². The third kappa shape index (κ3) is 5.29. The van der Waals surface area contributed by atoms with Crippen LogP contribution in [0.4, 0.5) is 0 Å². The van der Waals surface area contributed by atoms with Crippen LogP contribution in [0.5, 0.6) is 0 Å². The highest BCUT2D eigenvalue weighted by atomic mass is 14.6. The van der Waals surface area contributed by atoms with Gasteiger partial charge in [0.25, 0.3) is 0 Å². The van der Waals surface area contributed by atoms with Crippen molar-refractivity contribution < 1.29 is 0 Å². The molecule has 0 saturated carbocycles. The van der Waals surface area contributed by atoms with Crippen LogP contribution in [0.3, 0.4) is 0 Å². The quantitative estimate of drug-likeness (QED) is 0.621. The Morgan fingerprint density at radius 1 is 1.12 bits per heavy atom. The number of hydrogen-bond donors (Lipinski definition) is 0. The molecule has 0 radical (unpaired) electrons. The van der Waals surface area contributed by atoms with Gasteiger partial charge in [-0.3, -0.25) is 4.98 Å². The Kier molecular flexibility index (Phi) is 6.87. The molecule has 90 valence electrons. The smallest absolute Gasteiger partial charge is 0.0299 e. The predicted molar refractivity (Wildman–Crippen MR) is 70.5 cm³/mol. The van der Waals surface area contributed by atoms with Crippen LogP contribution in [0.1, 0.15) is 57.9 Å². The largest absolute Gasteiger partial charge is 0.264 e. The Balaban J connectivity index is 2.42. The minimum absolute atomic E-state index is 0.865. The zero-order valence-corrected chi connectivity index (χ0v) is 10.8. The molecule has 1 heteroatoms. The summed E-state index contributed by atoms with van der Waals surface area (Å²) < 4.78 is 0. The van der Waals surface area contributed by atoms with Crippen LogP contribution in [0.2, 0.25) is 0 Å². The van der Waals surface area contributed by atoms with Crippen molar-refractivity contribution in [3.05, 3.63) is 30.1 Å². The van der Waals surface area contributed by atoms with E-state index in [0.29, 0.717) is 0 Å². The Morgan fingerprint density at radius 3 is 2.31 bits per heavy atom. The van der Waals surface area contributed by atoms with E-state index in [1.54, 1.807) is 0 Å². The molecule has 0 fully saturated rings. The maximum atomic E-state index is 4.20. The van der Waals surface area contributed by atoms with Crippen LogP contribution in [-0.2, 0) is 6.42 Å². The van der Waals surface area contributed by atoms with Gasteiger partial charge in [-0.2, -0.15) is 0 Å².